The van der Waals surface area contributed by atoms with E-state index in [-0.39, 0.29) is 5.75 Å². The molecule has 8 heteroatoms. The molecule has 4 aromatic carbocycles. The lowest BCUT2D eigenvalue weighted by Gasteiger charge is -2.18. The smallest absolute Gasteiger partial charge is 0.343 e. The lowest BCUT2D eigenvalue weighted by atomic mass is 10.2. The Morgan fingerprint density at radius 2 is 1.73 bits per heavy atom. The van der Waals surface area contributed by atoms with Gasteiger partial charge in [0.25, 0.3) is 11.0 Å². The second-order valence-electron chi connectivity index (χ2n) is 7.40. The maximum atomic E-state index is 12.9. The molecule has 0 aromatic heterocycles. The standard InChI is InChI=1S/C25H13ClN2O5/c26-15-5-3-4-14(10-15)25(29)31-16-8-9-17-22(11-16)33-23-13-20-24(12-18(23)27-17)32-21-7-2-1-6-19(21)28(20)30/h1-13H. The first-order valence-corrected chi connectivity index (χ1v) is 10.4. The van der Waals surface area contributed by atoms with Crippen molar-refractivity contribution in [3.8, 4) is 28.7 Å². The first-order chi connectivity index (χ1) is 16.0. The van der Waals surface area contributed by atoms with Crippen LogP contribution in [0.1, 0.15) is 10.4 Å². The van der Waals surface area contributed by atoms with Crippen molar-refractivity contribution in [2.45, 2.75) is 0 Å². The maximum Gasteiger partial charge on any atom is 0.343 e. The number of para-hydroxylation sites is 2. The Morgan fingerprint density at radius 1 is 0.879 bits per heavy atom. The zero-order valence-electron chi connectivity index (χ0n) is 16.8. The zero-order valence-corrected chi connectivity index (χ0v) is 17.6. The summed E-state index contributed by atoms with van der Waals surface area (Å²) >= 11 is 5.95. The van der Waals surface area contributed by atoms with Gasteiger partial charge in [-0.3, -0.25) is 0 Å². The van der Waals surface area contributed by atoms with Crippen molar-refractivity contribution in [3.05, 3.63) is 105 Å². The number of hydrogen-bond acceptors (Lipinski definition) is 6. The van der Waals surface area contributed by atoms with E-state index < -0.39 is 5.97 Å². The summed E-state index contributed by atoms with van der Waals surface area (Å²) in [5.74, 6) is 1.40. The molecule has 7 nitrogen and oxygen atoms in total. The molecule has 0 fully saturated rings. The number of rotatable bonds is 2. The predicted molar refractivity (Wildman–Crippen MR) is 121 cm³/mol. The fraction of sp³-hybridized carbons (Fsp3) is 0. The van der Waals surface area contributed by atoms with Crippen molar-refractivity contribution in [1.29, 1.82) is 0 Å². The summed E-state index contributed by atoms with van der Waals surface area (Å²) in [6.45, 7) is 0. The number of carbonyl (C=O) groups is 1. The van der Waals surface area contributed by atoms with Gasteiger partial charge in [-0.15, -0.1) is 0 Å². The van der Waals surface area contributed by atoms with Crippen LogP contribution < -0.4 is 29.7 Å². The number of fused-ring (bicyclic) bond motifs is 4. The number of hydrogen-bond donors (Lipinski definition) is 0. The number of benzene rings is 4. The third-order valence-corrected chi connectivity index (χ3v) is 5.46. The van der Waals surface area contributed by atoms with Crippen LogP contribution in [0.5, 0.6) is 28.7 Å². The van der Waals surface area contributed by atoms with E-state index in [1.807, 2.05) is 0 Å². The van der Waals surface area contributed by atoms with Crippen LogP contribution in [0.15, 0.2) is 83.9 Å². The molecule has 0 saturated heterocycles. The number of esters is 1. The Morgan fingerprint density at radius 3 is 2.61 bits per heavy atom. The van der Waals surface area contributed by atoms with Gasteiger partial charge in [0.15, 0.2) is 17.2 Å². The molecule has 2 aliphatic rings. The lowest BCUT2D eigenvalue weighted by molar-refractivity contribution is 0.0734. The van der Waals surface area contributed by atoms with E-state index in [4.69, 9.17) is 25.8 Å². The highest BCUT2D eigenvalue weighted by atomic mass is 35.5. The zero-order chi connectivity index (χ0) is 22.5. The molecule has 0 unspecified atom stereocenters. The van der Waals surface area contributed by atoms with Gasteiger partial charge in [-0.05, 0) is 36.4 Å². The first-order valence-electron chi connectivity index (χ1n) is 9.99. The van der Waals surface area contributed by atoms with Gasteiger partial charge in [0.05, 0.1) is 11.6 Å². The SMILES string of the molecule is O=C(Oc1ccc2c(c1)Oc1cc3c(cc1=N2)Oc1ccccc1[N+]=3[O-])c1cccc(Cl)c1. The summed E-state index contributed by atoms with van der Waals surface area (Å²) in [7, 11) is 0. The van der Waals surface area contributed by atoms with Gasteiger partial charge in [-0.1, -0.05) is 29.8 Å². The molecule has 0 amide bonds. The summed E-state index contributed by atoms with van der Waals surface area (Å²) in [6.07, 6.45) is 0. The fourth-order valence-electron chi connectivity index (χ4n) is 3.67. The molecule has 4 aromatic rings. The van der Waals surface area contributed by atoms with E-state index in [1.165, 1.54) is 6.07 Å². The molecule has 0 saturated carbocycles. The van der Waals surface area contributed by atoms with Gasteiger partial charge in [0.1, 0.15) is 16.8 Å². The van der Waals surface area contributed by atoms with E-state index in [0.717, 1.165) is 4.74 Å². The minimum Gasteiger partial charge on any atom is -0.618 e. The van der Waals surface area contributed by atoms with Crippen LogP contribution in [0.4, 0.5) is 11.4 Å². The van der Waals surface area contributed by atoms with Crippen molar-refractivity contribution >= 4 is 28.9 Å². The molecular formula is C25H13ClN2O5. The summed E-state index contributed by atoms with van der Waals surface area (Å²) in [5, 5.41) is 14.1. The van der Waals surface area contributed by atoms with Gasteiger partial charge in [-0.25, -0.2) is 9.79 Å². The van der Waals surface area contributed by atoms with Crippen LogP contribution >= 0.6 is 11.6 Å². The molecule has 0 atom stereocenters. The molecule has 33 heavy (non-hydrogen) atoms. The molecule has 0 bridgehead atoms. The predicted octanol–water partition coefficient (Wildman–Crippen LogP) is 5.04. The summed E-state index contributed by atoms with van der Waals surface area (Å²) < 4.78 is 18.2. The van der Waals surface area contributed by atoms with Crippen molar-refractivity contribution in [2.24, 2.45) is 4.99 Å². The van der Waals surface area contributed by atoms with Gasteiger partial charge < -0.3 is 19.4 Å². The van der Waals surface area contributed by atoms with Crippen molar-refractivity contribution in [1.82, 2.24) is 4.74 Å². The van der Waals surface area contributed by atoms with Gasteiger partial charge in [-0.2, -0.15) is 4.74 Å². The number of halogens is 1. The third-order valence-electron chi connectivity index (χ3n) is 5.23. The van der Waals surface area contributed by atoms with Crippen LogP contribution in [0.25, 0.3) is 0 Å². The Hall–Kier alpha value is -4.36. The monoisotopic (exact) mass is 456 g/mol. The highest BCUT2D eigenvalue weighted by Crippen LogP contribution is 2.38. The van der Waals surface area contributed by atoms with Crippen LogP contribution in [0.2, 0.25) is 5.02 Å². The summed E-state index contributed by atoms with van der Waals surface area (Å²) in [6, 6.07) is 21.6. The Labute approximate surface area is 192 Å². The van der Waals surface area contributed by atoms with Gasteiger partial charge in [0, 0.05) is 23.2 Å². The number of carbonyl (C=O) groups excluding carboxylic acids is 1. The summed E-state index contributed by atoms with van der Waals surface area (Å²) in [4.78, 5) is 17.0. The Kier molecular flexibility index (Phi) is 4.31. The average Bonchev–Trinajstić information content (AvgIpc) is 2.82. The second kappa shape index (κ2) is 7.36. The topological polar surface area (TPSA) is 83.2 Å². The molecular weight excluding hydrogens is 444 g/mol. The van der Waals surface area contributed by atoms with Crippen molar-refractivity contribution in [2.75, 3.05) is 0 Å². The van der Waals surface area contributed by atoms with Crippen molar-refractivity contribution in [3.63, 3.8) is 0 Å². The second-order valence-corrected chi connectivity index (χ2v) is 7.83. The highest BCUT2D eigenvalue weighted by Gasteiger charge is 2.25. The quantitative estimate of drug-likeness (QED) is 0.161. The van der Waals surface area contributed by atoms with Crippen LogP contribution in [0, 0.1) is 5.21 Å². The maximum absolute atomic E-state index is 12.9. The van der Waals surface area contributed by atoms with Crippen LogP contribution in [0.3, 0.4) is 0 Å². The molecule has 0 aliphatic carbocycles. The minimum atomic E-state index is -0.544. The third kappa shape index (κ3) is 3.35. The van der Waals surface area contributed by atoms with Crippen molar-refractivity contribution < 1.29 is 19.0 Å². The van der Waals surface area contributed by atoms with Crippen LogP contribution in [-0.2, 0) is 0 Å². The highest BCUT2D eigenvalue weighted by molar-refractivity contribution is 6.30. The van der Waals surface area contributed by atoms with E-state index >= 15 is 0 Å². The molecule has 2 aliphatic heterocycles. The molecule has 0 spiro atoms. The Bertz CT molecular complexity index is 1600. The van der Waals surface area contributed by atoms with E-state index in [2.05, 4.69) is 4.99 Å². The minimum absolute atomic E-state index is 0.290. The summed E-state index contributed by atoms with van der Waals surface area (Å²) in [5.41, 5.74) is 1.30. The number of nitrogens with zero attached hydrogens (tertiary/aromatic N) is 2. The molecule has 160 valence electrons. The van der Waals surface area contributed by atoms with Gasteiger partial charge >= 0.3 is 5.97 Å². The Balaban J connectivity index is 1.36. The van der Waals surface area contributed by atoms with E-state index in [9.17, 15) is 10.0 Å². The fourth-order valence-corrected chi connectivity index (χ4v) is 3.86. The number of ether oxygens (including phenoxy) is 3. The largest absolute Gasteiger partial charge is 0.618 e. The molecule has 6 rings (SSSR count). The average molecular weight is 457 g/mol. The van der Waals surface area contributed by atoms with E-state index in [0.29, 0.717) is 55.7 Å². The van der Waals surface area contributed by atoms with Gasteiger partial charge in [0.2, 0.25) is 5.75 Å². The van der Waals surface area contributed by atoms with Crippen LogP contribution in [-0.4, -0.2) is 5.97 Å². The first kappa shape index (κ1) is 19.3. The molecule has 2 heterocycles. The lowest BCUT2D eigenvalue weighted by Crippen LogP contribution is -2.28. The van der Waals surface area contributed by atoms with E-state index in [1.54, 1.807) is 72.8 Å². The molecule has 0 N–H and O–H groups in total. The normalized spacial score (nSPS) is 12.7. The molecule has 0 radical (unpaired) electrons.